The Morgan fingerprint density at radius 2 is 2.10 bits per heavy atom. The van der Waals surface area contributed by atoms with Gasteiger partial charge < -0.3 is 20.7 Å². The van der Waals surface area contributed by atoms with E-state index in [1.54, 1.807) is 12.1 Å². The first-order valence-electron chi connectivity index (χ1n) is 11.7. The third kappa shape index (κ3) is 4.97. The number of hydrogen-bond acceptors (Lipinski definition) is 4. The number of hydrogen-bond donors (Lipinski definition) is 2. The van der Waals surface area contributed by atoms with Crippen LogP contribution in [0.1, 0.15) is 56.9 Å². The average molecular weight is 418 g/mol. The van der Waals surface area contributed by atoms with Crippen molar-refractivity contribution in [2.45, 2.75) is 63.8 Å². The standard InChI is InChI=1S/C24H36FN3O2/c25-21-16-20(30-14-2-3-18-7-11-27-12-8-18)6-5-19(21)15-23(29)28-13-10-24(17-28)9-1-4-22(24)26/h5-6,16,18,22,27H,1-4,7-15,17,26H2. The van der Waals surface area contributed by atoms with E-state index in [2.05, 4.69) is 5.32 Å². The molecular weight excluding hydrogens is 381 g/mol. The molecule has 3 aliphatic rings. The number of likely N-dealkylation sites (tertiary alicyclic amines) is 1. The highest BCUT2D eigenvalue weighted by molar-refractivity contribution is 5.79. The van der Waals surface area contributed by atoms with Crippen LogP contribution in [0.15, 0.2) is 18.2 Å². The van der Waals surface area contributed by atoms with E-state index in [9.17, 15) is 9.18 Å². The Morgan fingerprint density at radius 3 is 2.83 bits per heavy atom. The smallest absolute Gasteiger partial charge is 0.227 e. The summed E-state index contributed by atoms with van der Waals surface area (Å²) in [5.41, 5.74) is 6.85. The van der Waals surface area contributed by atoms with Gasteiger partial charge in [-0.25, -0.2) is 4.39 Å². The largest absolute Gasteiger partial charge is 0.493 e. The number of amides is 1. The molecule has 3 fully saturated rings. The normalized spacial score (nSPS) is 27.1. The van der Waals surface area contributed by atoms with Crippen LogP contribution >= 0.6 is 0 Å². The Hall–Kier alpha value is -1.66. The molecule has 5 nitrogen and oxygen atoms in total. The lowest BCUT2D eigenvalue weighted by Crippen LogP contribution is -2.41. The number of carbonyl (C=O) groups is 1. The second kappa shape index (κ2) is 9.65. The van der Waals surface area contributed by atoms with Crippen molar-refractivity contribution in [2.75, 3.05) is 32.8 Å². The van der Waals surface area contributed by atoms with E-state index in [1.807, 2.05) is 4.90 Å². The molecule has 1 aliphatic carbocycles. The predicted octanol–water partition coefficient (Wildman–Crippen LogP) is 3.26. The molecular formula is C24H36FN3O2. The molecule has 4 rings (SSSR count). The van der Waals surface area contributed by atoms with Crippen LogP contribution in [-0.4, -0.2) is 49.6 Å². The van der Waals surface area contributed by atoms with Gasteiger partial charge in [-0.05, 0) is 75.6 Å². The number of benzene rings is 1. The van der Waals surface area contributed by atoms with Gasteiger partial charge in [0.2, 0.25) is 5.91 Å². The lowest BCUT2D eigenvalue weighted by atomic mass is 9.82. The zero-order chi connectivity index (χ0) is 21.0. The molecule has 2 heterocycles. The fraction of sp³-hybridized carbons (Fsp3) is 0.708. The van der Waals surface area contributed by atoms with Crippen molar-refractivity contribution >= 4 is 5.91 Å². The summed E-state index contributed by atoms with van der Waals surface area (Å²) in [7, 11) is 0. The van der Waals surface area contributed by atoms with Gasteiger partial charge >= 0.3 is 0 Å². The van der Waals surface area contributed by atoms with E-state index in [0.29, 0.717) is 17.9 Å². The first-order chi connectivity index (χ1) is 14.6. The van der Waals surface area contributed by atoms with Crippen molar-refractivity contribution in [3.05, 3.63) is 29.6 Å². The summed E-state index contributed by atoms with van der Waals surface area (Å²) in [6.07, 6.45) is 9.02. The average Bonchev–Trinajstić information content (AvgIpc) is 3.35. The van der Waals surface area contributed by atoms with Crippen LogP contribution in [0.2, 0.25) is 0 Å². The lowest BCUT2D eigenvalue weighted by Gasteiger charge is -2.28. The number of nitrogens with one attached hydrogen (secondary N) is 1. The molecule has 3 N–H and O–H groups in total. The van der Waals surface area contributed by atoms with Gasteiger partial charge in [0.1, 0.15) is 11.6 Å². The van der Waals surface area contributed by atoms with Crippen molar-refractivity contribution in [1.82, 2.24) is 10.2 Å². The van der Waals surface area contributed by atoms with Crippen LogP contribution in [0, 0.1) is 17.2 Å². The topological polar surface area (TPSA) is 67.6 Å². The summed E-state index contributed by atoms with van der Waals surface area (Å²) in [5.74, 6) is 0.973. The maximum atomic E-state index is 14.6. The van der Waals surface area contributed by atoms with Gasteiger partial charge in [0.05, 0.1) is 13.0 Å². The Kier molecular flexibility index (Phi) is 6.94. The number of nitrogens with two attached hydrogens (primary N) is 1. The molecule has 30 heavy (non-hydrogen) atoms. The minimum absolute atomic E-state index is 0.000477. The van der Waals surface area contributed by atoms with E-state index < -0.39 is 0 Å². The van der Waals surface area contributed by atoms with Gasteiger partial charge in [-0.3, -0.25) is 4.79 Å². The van der Waals surface area contributed by atoms with E-state index in [1.165, 1.54) is 18.9 Å². The van der Waals surface area contributed by atoms with Gasteiger partial charge in [-0.1, -0.05) is 12.5 Å². The van der Waals surface area contributed by atoms with Gasteiger partial charge in [0, 0.05) is 30.6 Å². The first-order valence-corrected chi connectivity index (χ1v) is 11.7. The fourth-order valence-corrected chi connectivity index (χ4v) is 5.55. The van der Waals surface area contributed by atoms with E-state index in [0.717, 1.165) is 70.6 Å². The first kappa shape index (κ1) is 21.6. The zero-order valence-electron chi connectivity index (χ0n) is 18.0. The van der Waals surface area contributed by atoms with Crippen molar-refractivity contribution < 1.29 is 13.9 Å². The molecule has 1 amide bonds. The number of halogens is 1. The van der Waals surface area contributed by atoms with E-state index in [-0.39, 0.29) is 29.6 Å². The highest BCUT2D eigenvalue weighted by Gasteiger charge is 2.46. The van der Waals surface area contributed by atoms with Crippen LogP contribution in [0.3, 0.4) is 0 Å². The van der Waals surface area contributed by atoms with Gasteiger partial charge in [0.25, 0.3) is 0 Å². The number of carbonyl (C=O) groups excluding carboxylic acids is 1. The van der Waals surface area contributed by atoms with Crippen LogP contribution in [-0.2, 0) is 11.2 Å². The van der Waals surface area contributed by atoms with E-state index in [4.69, 9.17) is 10.5 Å². The molecule has 2 atom stereocenters. The van der Waals surface area contributed by atoms with Gasteiger partial charge in [-0.15, -0.1) is 0 Å². The highest BCUT2D eigenvalue weighted by Crippen LogP contribution is 2.44. The van der Waals surface area contributed by atoms with Crippen LogP contribution in [0.25, 0.3) is 0 Å². The maximum absolute atomic E-state index is 14.6. The number of piperidine rings is 1. The number of rotatable bonds is 7. The quantitative estimate of drug-likeness (QED) is 0.669. The Morgan fingerprint density at radius 1 is 1.27 bits per heavy atom. The third-order valence-electron chi connectivity index (χ3n) is 7.56. The summed E-state index contributed by atoms with van der Waals surface area (Å²) in [6.45, 7) is 4.31. The highest BCUT2D eigenvalue weighted by atomic mass is 19.1. The van der Waals surface area contributed by atoms with Crippen molar-refractivity contribution in [3.8, 4) is 5.75 Å². The monoisotopic (exact) mass is 417 g/mol. The fourth-order valence-electron chi connectivity index (χ4n) is 5.55. The minimum atomic E-state index is -0.356. The Bertz CT molecular complexity index is 737. The SMILES string of the molecule is NC1CCCC12CCN(C(=O)Cc1ccc(OCCCC3CCNCC3)cc1F)C2. The number of nitrogens with zero attached hydrogens (tertiary/aromatic N) is 1. The molecule has 6 heteroatoms. The van der Waals surface area contributed by atoms with Crippen LogP contribution in [0.4, 0.5) is 4.39 Å². The summed E-state index contributed by atoms with van der Waals surface area (Å²) < 4.78 is 20.3. The summed E-state index contributed by atoms with van der Waals surface area (Å²) >= 11 is 0. The lowest BCUT2D eigenvalue weighted by molar-refractivity contribution is -0.129. The molecule has 166 valence electrons. The van der Waals surface area contributed by atoms with Crippen LogP contribution < -0.4 is 15.8 Å². The van der Waals surface area contributed by atoms with Crippen molar-refractivity contribution in [1.29, 1.82) is 0 Å². The molecule has 1 aromatic carbocycles. The molecule has 0 radical (unpaired) electrons. The summed E-state index contributed by atoms with van der Waals surface area (Å²) in [4.78, 5) is 14.6. The Balaban J connectivity index is 1.23. The minimum Gasteiger partial charge on any atom is -0.493 e. The van der Waals surface area contributed by atoms with Gasteiger partial charge in [-0.2, -0.15) is 0 Å². The molecule has 1 spiro atoms. The maximum Gasteiger partial charge on any atom is 0.227 e. The number of ether oxygens (including phenoxy) is 1. The second-order valence-electron chi connectivity index (χ2n) is 9.54. The Labute approximate surface area is 179 Å². The predicted molar refractivity (Wildman–Crippen MR) is 116 cm³/mol. The van der Waals surface area contributed by atoms with Crippen molar-refractivity contribution in [3.63, 3.8) is 0 Å². The molecule has 1 saturated carbocycles. The molecule has 2 aliphatic heterocycles. The molecule has 1 aromatic rings. The van der Waals surface area contributed by atoms with E-state index >= 15 is 0 Å². The van der Waals surface area contributed by atoms with Crippen molar-refractivity contribution in [2.24, 2.45) is 17.1 Å². The van der Waals surface area contributed by atoms with Crippen LogP contribution in [0.5, 0.6) is 5.75 Å². The summed E-state index contributed by atoms with van der Waals surface area (Å²) in [5, 5.41) is 3.38. The molecule has 0 bridgehead atoms. The molecule has 2 saturated heterocycles. The second-order valence-corrected chi connectivity index (χ2v) is 9.54. The third-order valence-corrected chi connectivity index (χ3v) is 7.56. The molecule has 0 aromatic heterocycles. The zero-order valence-corrected chi connectivity index (χ0v) is 18.0. The molecule has 2 unspecified atom stereocenters. The summed E-state index contributed by atoms with van der Waals surface area (Å²) in [6, 6.07) is 5.10. The van der Waals surface area contributed by atoms with Gasteiger partial charge in [0.15, 0.2) is 0 Å².